The minimum atomic E-state index is -0.787. The van der Waals surface area contributed by atoms with E-state index in [9.17, 15) is 14.4 Å². The van der Waals surface area contributed by atoms with E-state index in [0.717, 1.165) is 9.80 Å². The standard InChI is InChI=1S/C17H17Cl2N3O4/c1-4-8-26-20-13(5-2)14-15(23)21(3)17(25)22(16(14)24)10-6-7-11(18)12(19)9-10/h4,6-7,9,20H,1,5,8H2,2-3H3/b14-13+. The third-order valence-electron chi connectivity index (χ3n) is 3.63. The van der Waals surface area contributed by atoms with Crippen LogP contribution in [0.2, 0.25) is 10.0 Å². The molecule has 0 atom stereocenters. The maximum absolute atomic E-state index is 12.9. The first-order valence-electron chi connectivity index (χ1n) is 7.66. The third-order valence-corrected chi connectivity index (χ3v) is 4.37. The van der Waals surface area contributed by atoms with E-state index in [0.29, 0.717) is 6.42 Å². The molecule has 0 aromatic heterocycles. The fourth-order valence-electron chi connectivity index (χ4n) is 2.29. The molecule has 0 radical (unpaired) electrons. The van der Waals surface area contributed by atoms with Crippen LogP contribution in [0.15, 0.2) is 42.1 Å². The van der Waals surface area contributed by atoms with Crippen LogP contribution in [-0.4, -0.2) is 36.4 Å². The van der Waals surface area contributed by atoms with Crippen molar-refractivity contribution in [3.8, 4) is 0 Å². The lowest BCUT2D eigenvalue weighted by Gasteiger charge is -2.32. The minimum Gasteiger partial charge on any atom is -0.272 e. The largest absolute Gasteiger partial charge is 0.338 e. The summed E-state index contributed by atoms with van der Waals surface area (Å²) in [4.78, 5) is 44.8. The summed E-state index contributed by atoms with van der Waals surface area (Å²) >= 11 is 11.9. The Morgan fingerprint density at radius 3 is 2.50 bits per heavy atom. The average molecular weight is 398 g/mol. The first-order valence-corrected chi connectivity index (χ1v) is 8.42. The second-order valence-corrected chi connectivity index (χ2v) is 6.11. The third kappa shape index (κ3) is 3.75. The minimum absolute atomic E-state index is 0.171. The fourth-order valence-corrected chi connectivity index (χ4v) is 2.58. The van der Waals surface area contributed by atoms with Crippen molar-refractivity contribution >= 4 is 46.7 Å². The molecule has 1 aliphatic heterocycles. The van der Waals surface area contributed by atoms with Crippen molar-refractivity contribution in [1.29, 1.82) is 0 Å². The Balaban J connectivity index is 2.51. The number of benzene rings is 1. The summed E-state index contributed by atoms with van der Waals surface area (Å²) < 4.78 is 0. The van der Waals surface area contributed by atoms with Gasteiger partial charge in [0.15, 0.2) is 0 Å². The van der Waals surface area contributed by atoms with Crippen LogP contribution in [0.4, 0.5) is 10.5 Å². The predicted octanol–water partition coefficient (Wildman–Crippen LogP) is 3.29. The number of carbonyl (C=O) groups is 3. The van der Waals surface area contributed by atoms with Crippen molar-refractivity contribution in [2.45, 2.75) is 13.3 Å². The van der Waals surface area contributed by atoms with Crippen LogP contribution in [0.5, 0.6) is 0 Å². The van der Waals surface area contributed by atoms with E-state index < -0.39 is 17.8 Å². The van der Waals surface area contributed by atoms with Gasteiger partial charge in [-0.05, 0) is 24.6 Å². The number of nitrogens with one attached hydrogen (secondary N) is 1. The molecule has 0 spiro atoms. The molecule has 2 rings (SSSR count). The maximum atomic E-state index is 12.9. The second kappa shape index (κ2) is 8.35. The molecule has 1 fully saturated rings. The van der Waals surface area contributed by atoms with E-state index in [1.54, 1.807) is 6.92 Å². The molecule has 7 nitrogen and oxygen atoms in total. The highest BCUT2D eigenvalue weighted by molar-refractivity contribution is 6.43. The first kappa shape index (κ1) is 20.0. The van der Waals surface area contributed by atoms with Crippen molar-refractivity contribution in [2.75, 3.05) is 18.6 Å². The lowest BCUT2D eigenvalue weighted by Crippen LogP contribution is -2.56. The van der Waals surface area contributed by atoms with Crippen molar-refractivity contribution in [3.63, 3.8) is 0 Å². The topological polar surface area (TPSA) is 79.0 Å². The molecule has 1 heterocycles. The van der Waals surface area contributed by atoms with Crippen molar-refractivity contribution in [1.82, 2.24) is 10.4 Å². The van der Waals surface area contributed by atoms with Crippen LogP contribution in [0, 0.1) is 0 Å². The predicted molar refractivity (Wildman–Crippen MR) is 98.7 cm³/mol. The number of allylic oxidation sites excluding steroid dienone is 1. The molecule has 1 aromatic rings. The zero-order valence-electron chi connectivity index (χ0n) is 14.2. The quantitative estimate of drug-likeness (QED) is 0.262. The molecule has 0 aliphatic carbocycles. The summed E-state index contributed by atoms with van der Waals surface area (Å²) in [6.07, 6.45) is 1.81. The molecular formula is C17H17Cl2N3O4. The number of anilines is 1. The maximum Gasteiger partial charge on any atom is 0.338 e. The number of carbonyl (C=O) groups excluding carboxylic acids is 3. The van der Waals surface area contributed by atoms with Crippen LogP contribution >= 0.6 is 23.2 Å². The van der Waals surface area contributed by atoms with E-state index in [2.05, 4.69) is 12.1 Å². The van der Waals surface area contributed by atoms with Gasteiger partial charge in [-0.25, -0.2) is 9.69 Å². The van der Waals surface area contributed by atoms with E-state index in [4.69, 9.17) is 28.0 Å². The van der Waals surface area contributed by atoms with Crippen LogP contribution in [-0.2, 0) is 14.4 Å². The van der Waals surface area contributed by atoms with E-state index in [-0.39, 0.29) is 33.6 Å². The Kier molecular flexibility index (Phi) is 6.42. The van der Waals surface area contributed by atoms with Crippen molar-refractivity contribution in [3.05, 3.63) is 52.2 Å². The molecule has 1 N–H and O–H groups in total. The Morgan fingerprint density at radius 1 is 1.23 bits per heavy atom. The number of barbiturate groups is 1. The summed E-state index contributed by atoms with van der Waals surface area (Å²) in [5, 5.41) is 0.458. The van der Waals surface area contributed by atoms with Gasteiger partial charge >= 0.3 is 6.03 Å². The van der Waals surface area contributed by atoms with Gasteiger partial charge in [-0.2, -0.15) is 0 Å². The molecule has 4 amide bonds. The average Bonchev–Trinajstić information content (AvgIpc) is 2.61. The monoisotopic (exact) mass is 397 g/mol. The highest BCUT2D eigenvalue weighted by Crippen LogP contribution is 2.31. The SMILES string of the molecule is C=CCON/C(CC)=C1\C(=O)N(C)C(=O)N(c2ccc(Cl)c(Cl)c2)C1=O. The number of hydroxylamine groups is 1. The molecule has 138 valence electrons. The van der Waals surface area contributed by atoms with E-state index >= 15 is 0 Å². The van der Waals surface area contributed by atoms with Gasteiger partial charge in [0.1, 0.15) is 5.57 Å². The van der Waals surface area contributed by atoms with Gasteiger partial charge in [-0.1, -0.05) is 36.2 Å². The molecule has 26 heavy (non-hydrogen) atoms. The number of urea groups is 1. The Morgan fingerprint density at radius 2 is 1.92 bits per heavy atom. The number of amides is 4. The Hall–Kier alpha value is -2.35. The van der Waals surface area contributed by atoms with Crippen LogP contribution < -0.4 is 10.4 Å². The number of imide groups is 2. The number of hydrogen-bond donors (Lipinski definition) is 1. The zero-order chi connectivity index (χ0) is 19.4. The second-order valence-electron chi connectivity index (χ2n) is 5.29. The summed E-state index contributed by atoms with van der Waals surface area (Å²) in [5.74, 6) is -1.49. The molecule has 1 aliphatic rings. The lowest BCUT2D eigenvalue weighted by molar-refractivity contribution is -0.128. The summed E-state index contributed by atoms with van der Waals surface area (Å²) in [6.45, 7) is 5.43. The molecule has 0 unspecified atom stereocenters. The van der Waals surface area contributed by atoms with Gasteiger partial charge in [0.05, 0.1) is 28.0 Å². The Bertz CT molecular complexity index is 807. The highest BCUT2D eigenvalue weighted by atomic mass is 35.5. The molecule has 0 bridgehead atoms. The summed E-state index contributed by atoms with van der Waals surface area (Å²) in [7, 11) is 1.29. The first-order chi connectivity index (χ1) is 12.3. The lowest BCUT2D eigenvalue weighted by atomic mass is 10.1. The molecule has 9 heteroatoms. The van der Waals surface area contributed by atoms with Gasteiger partial charge in [0, 0.05) is 7.05 Å². The number of likely N-dealkylation sites (N-methyl/N-ethyl adjacent to an activating group) is 1. The Labute approximate surface area is 160 Å². The zero-order valence-corrected chi connectivity index (χ0v) is 15.7. The van der Waals surface area contributed by atoms with Gasteiger partial charge in [-0.3, -0.25) is 24.8 Å². The van der Waals surface area contributed by atoms with Gasteiger partial charge in [-0.15, -0.1) is 6.58 Å². The fraction of sp³-hybridized carbons (Fsp3) is 0.235. The normalized spacial score (nSPS) is 16.8. The highest BCUT2D eigenvalue weighted by Gasteiger charge is 2.42. The van der Waals surface area contributed by atoms with Gasteiger partial charge < -0.3 is 0 Å². The van der Waals surface area contributed by atoms with Gasteiger partial charge in [0.2, 0.25) is 0 Å². The van der Waals surface area contributed by atoms with Gasteiger partial charge in [0.25, 0.3) is 11.8 Å². The molecule has 1 saturated heterocycles. The molecule has 1 aromatic carbocycles. The number of nitrogens with zero attached hydrogens (tertiary/aromatic N) is 2. The van der Waals surface area contributed by atoms with E-state index in [1.807, 2.05) is 0 Å². The van der Waals surface area contributed by atoms with Crippen molar-refractivity contribution in [2.24, 2.45) is 0 Å². The summed E-state index contributed by atoms with van der Waals surface area (Å²) in [5.41, 5.74) is 2.85. The molecule has 0 saturated carbocycles. The number of hydrogen-bond acceptors (Lipinski definition) is 5. The number of rotatable bonds is 6. The van der Waals surface area contributed by atoms with Crippen LogP contribution in [0.1, 0.15) is 13.3 Å². The smallest absolute Gasteiger partial charge is 0.272 e. The van der Waals surface area contributed by atoms with Crippen molar-refractivity contribution < 1.29 is 19.2 Å². The summed E-state index contributed by atoms with van der Waals surface area (Å²) in [6, 6.07) is 3.53. The van der Waals surface area contributed by atoms with E-state index in [1.165, 1.54) is 31.3 Å². The van der Waals surface area contributed by atoms with Crippen LogP contribution in [0.25, 0.3) is 0 Å². The van der Waals surface area contributed by atoms with Crippen LogP contribution in [0.3, 0.4) is 0 Å². The number of halogens is 2. The molecular weight excluding hydrogens is 381 g/mol.